The molecule has 50 valence electrons. The average molecular weight is 138 g/mol. The number of nitrogens with zero attached hydrogens (tertiary/aromatic N) is 1. The molecule has 0 radical (unpaired) electrons. The molecule has 0 aliphatic heterocycles. The van der Waals surface area contributed by atoms with Gasteiger partial charge in [0.25, 0.3) is 0 Å². The van der Waals surface area contributed by atoms with Gasteiger partial charge < -0.3 is 4.42 Å². The van der Waals surface area contributed by atoms with Gasteiger partial charge in [0.1, 0.15) is 12.7 Å². The summed E-state index contributed by atoms with van der Waals surface area (Å²) in [7, 11) is 0. The summed E-state index contributed by atoms with van der Waals surface area (Å²) in [5.74, 6) is -0.370. The lowest BCUT2D eigenvalue weighted by Gasteiger charge is -1.84. The molecule has 0 unspecified atom stereocenters. The van der Waals surface area contributed by atoms with Gasteiger partial charge in [-0.1, -0.05) is 0 Å². The van der Waals surface area contributed by atoms with Crippen molar-refractivity contribution in [3.8, 4) is 0 Å². The molecular weight excluding hydrogens is 133 g/mol. The maximum Gasteiger partial charge on any atom is 0.181 e. The second kappa shape index (κ2) is 1.80. The van der Waals surface area contributed by atoms with Gasteiger partial charge in [-0.3, -0.25) is 0 Å². The van der Waals surface area contributed by atoms with Crippen LogP contribution in [0.3, 0.4) is 0 Å². The highest BCUT2D eigenvalue weighted by Gasteiger charge is 1.97. The Morgan fingerprint density at radius 1 is 1.60 bits per heavy atom. The van der Waals surface area contributed by atoms with Gasteiger partial charge in [0.05, 0.1) is 0 Å². The van der Waals surface area contributed by atoms with Gasteiger partial charge in [0, 0.05) is 6.07 Å². The average Bonchev–Trinajstić information content (AvgIpc) is 2.27. The van der Waals surface area contributed by atoms with E-state index in [2.05, 4.69) is 4.98 Å². The first-order chi connectivity index (χ1) is 5.25. The minimum atomic E-state index is -0.370. The fourth-order valence-electron chi connectivity index (χ4n) is 0.785. The van der Waals surface area contributed by atoms with E-state index >= 15 is 0 Å². The van der Waals surface area contributed by atoms with Crippen molar-refractivity contribution in [2.24, 2.45) is 0 Å². The number of aromatic nitrogens is 1. The van der Waals surface area contributed by atoms with Crippen LogP contribution in [0.15, 0.2) is 29.0 Å². The van der Waals surface area contributed by atoms with Gasteiger partial charge in [-0.05, 0) is 12.1 Å². The van der Waals surface area contributed by atoms with Crippen LogP contribution < -0.4 is 0 Å². The zero-order valence-electron chi connectivity index (χ0n) is 5.97. The number of hydrogen-bond donors (Lipinski definition) is 0. The van der Waals surface area contributed by atoms with E-state index in [1.54, 1.807) is 0 Å². The third-order valence-electron chi connectivity index (χ3n) is 1.24. The monoisotopic (exact) mass is 138 g/mol. The second-order valence-corrected chi connectivity index (χ2v) is 1.92. The summed E-state index contributed by atoms with van der Waals surface area (Å²) in [5.41, 5.74) is 0.825. The first kappa shape index (κ1) is 4.44. The minimum absolute atomic E-state index is 0.189. The van der Waals surface area contributed by atoms with Crippen LogP contribution in [0.5, 0.6) is 0 Å². The van der Waals surface area contributed by atoms with Crippen LogP contribution in [-0.4, -0.2) is 4.98 Å². The van der Waals surface area contributed by atoms with Crippen LogP contribution in [0.1, 0.15) is 1.37 Å². The Morgan fingerprint density at radius 3 is 3.40 bits per heavy atom. The van der Waals surface area contributed by atoms with Crippen LogP contribution in [0.25, 0.3) is 11.1 Å². The van der Waals surface area contributed by atoms with E-state index in [0.717, 1.165) is 0 Å². The molecule has 1 aromatic heterocycles. The smallest absolute Gasteiger partial charge is 0.181 e. The maximum atomic E-state index is 12.5. The Bertz CT molecular complexity index is 398. The third-order valence-corrected chi connectivity index (χ3v) is 1.24. The van der Waals surface area contributed by atoms with Crippen molar-refractivity contribution < 1.29 is 10.2 Å². The number of halogens is 1. The fraction of sp³-hybridized carbons (Fsp3) is 0. The molecule has 0 N–H and O–H groups in total. The van der Waals surface area contributed by atoms with Gasteiger partial charge in [0.15, 0.2) is 12.0 Å². The summed E-state index contributed by atoms with van der Waals surface area (Å²) < 4.78 is 24.3. The molecule has 1 aromatic carbocycles. The Labute approximate surface area is 57.7 Å². The molecule has 2 aromatic rings. The van der Waals surface area contributed by atoms with Crippen LogP contribution in [0.4, 0.5) is 4.39 Å². The summed E-state index contributed by atoms with van der Waals surface area (Å²) in [6.07, 6.45) is -0.189. The zero-order valence-corrected chi connectivity index (χ0v) is 4.97. The predicted octanol–water partition coefficient (Wildman–Crippen LogP) is 1.97. The lowest BCUT2D eigenvalue weighted by Crippen LogP contribution is -1.71. The molecule has 1 heterocycles. The Kier molecular flexibility index (Phi) is 0.799. The molecule has 3 heteroatoms. The molecule has 0 aliphatic rings. The molecule has 0 saturated carbocycles. The number of rotatable bonds is 0. The number of benzene rings is 1. The minimum Gasteiger partial charge on any atom is -0.443 e. The quantitative estimate of drug-likeness (QED) is 0.556. The first-order valence-electron chi connectivity index (χ1n) is 3.28. The van der Waals surface area contributed by atoms with E-state index in [1.165, 1.54) is 18.2 Å². The van der Waals surface area contributed by atoms with Crippen molar-refractivity contribution in [2.45, 2.75) is 0 Å². The summed E-state index contributed by atoms with van der Waals surface area (Å²) in [5, 5.41) is 0. The van der Waals surface area contributed by atoms with Crippen molar-refractivity contribution in [2.75, 3.05) is 0 Å². The normalized spacial score (nSPS) is 11.9. The van der Waals surface area contributed by atoms with E-state index < -0.39 is 0 Å². The Hall–Kier alpha value is -1.38. The van der Waals surface area contributed by atoms with Gasteiger partial charge in [-0.15, -0.1) is 0 Å². The molecule has 0 bridgehead atoms. The summed E-state index contributed by atoms with van der Waals surface area (Å²) >= 11 is 0. The standard InChI is InChI=1S/C7H4FNO/c8-5-1-2-7-6(3-5)9-4-10-7/h1-4H/i4D. The molecule has 10 heavy (non-hydrogen) atoms. The van der Waals surface area contributed by atoms with Crippen molar-refractivity contribution in [1.29, 1.82) is 0 Å². The molecular formula is C7H4FNO. The highest BCUT2D eigenvalue weighted by atomic mass is 19.1. The molecule has 0 saturated heterocycles. The molecule has 0 fully saturated rings. The van der Waals surface area contributed by atoms with E-state index in [1.807, 2.05) is 0 Å². The SMILES string of the molecule is [2H]c1nc2cc(F)ccc2o1. The lowest BCUT2D eigenvalue weighted by molar-refractivity contribution is 0.599. The van der Waals surface area contributed by atoms with Crippen LogP contribution in [0, 0.1) is 5.82 Å². The van der Waals surface area contributed by atoms with E-state index in [0.29, 0.717) is 11.1 Å². The first-order valence-corrected chi connectivity index (χ1v) is 2.78. The number of fused-ring (bicyclic) bond motifs is 1. The maximum absolute atomic E-state index is 12.5. The van der Waals surface area contributed by atoms with Crippen LogP contribution in [-0.2, 0) is 0 Å². The highest BCUT2D eigenvalue weighted by molar-refractivity contribution is 5.71. The van der Waals surface area contributed by atoms with Gasteiger partial charge in [0.2, 0.25) is 0 Å². The number of hydrogen-bond acceptors (Lipinski definition) is 2. The molecule has 2 nitrogen and oxygen atoms in total. The summed E-state index contributed by atoms with van der Waals surface area (Å²) in [6, 6.07) is 3.96. The van der Waals surface area contributed by atoms with Crippen LogP contribution in [0.2, 0.25) is 0 Å². The van der Waals surface area contributed by atoms with Gasteiger partial charge >= 0.3 is 0 Å². The second-order valence-electron chi connectivity index (χ2n) is 1.92. The Morgan fingerprint density at radius 2 is 2.50 bits per heavy atom. The van der Waals surface area contributed by atoms with Crippen molar-refractivity contribution in [3.63, 3.8) is 0 Å². The molecule has 0 amide bonds. The van der Waals surface area contributed by atoms with E-state index in [4.69, 9.17) is 5.79 Å². The molecule has 0 atom stereocenters. The summed E-state index contributed by atoms with van der Waals surface area (Å²) in [6.45, 7) is 0. The van der Waals surface area contributed by atoms with Crippen molar-refractivity contribution >= 4 is 11.1 Å². The van der Waals surface area contributed by atoms with Gasteiger partial charge in [-0.2, -0.15) is 0 Å². The largest absolute Gasteiger partial charge is 0.443 e. The van der Waals surface area contributed by atoms with E-state index in [-0.39, 0.29) is 12.2 Å². The zero-order chi connectivity index (χ0) is 7.84. The predicted molar refractivity (Wildman–Crippen MR) is 34.0 cm³/mol. The Balaban J connectivity index is 2.82. The van der Waals surface area contributed by atoms with E-state index in [9.17, 15) is 4.39 Å². The van der Waals surface area contributed by atoms with Crippen molar-refractivity contribution in [3.05, 3.63) is 30.4 Å². The van der Waals surface area contributed by atoms with Crippen LogP contribution >= 0.6 is 0 Å². The third kappa shape index (κ3) is 0.673. The topological polar surface area (TPSA) is 26.0 Å². The fourth-order valence-corrected chi connectivity index (χ4v) is 0.785. The lowest BCUT2D eigenvalue weighted by atomic mass is 10.3. The molecule has 0 aliphatic carbocycles. The van der Waals surface area contributed by atoms with Crippen molar-refractivity contribution in [1.82, 2.24) is 4.98 Å². The molecule has 0 spiro atoms. The summed E-state index contributed by atoms with van der Waals surface area (Å²) in [4.78, 5) is 3.63. The number of oxazole rings is 1. The molecule has 2 rings (SSSR count). The van der Waals surface area contributed by atoms with Gasteiger partial charge in [-0.25, -0.2) is 9.37 Å². The highest BCUT2D eigenvalue weighted by Crippen LogP contribution is 2.12.